The quantitative estimate of drug-likeness (QED) is 0.125. The number of amides is 2. The fourth-order valence-electron chi connectivity index (χ4n) is 6.30. The van der Waals surface area contributed by atoms with Gasteiger partial charge in [-0.2, -0.15) is 0 Å². The molecule has 4 atom stereocenters. The topological polar surface area (TPSA) is 137 Å². The van der Waals surface area contributed by atoms with Gasteiger partial charge in [-0.1, -0.05) is 97.1 Å². The summed E-state index contributed by atoms with van der Waals surface area (Å²) in [6.45, 7) is 0. The molecule has 2 heterocycles. The molecule has 9 heteroatoms. The number of aliphatic hydroxyl groups excluding tert-OH is 3. The van der Waals surface area contributed by atoms with Crippen molar-refractivity contribution in [3.05, 3.63) is 155 Å². The predicted molar refractivity (Wildman–Crippen MR) is 180 cm³/mol. The second-order valence-electron chi connectivity index (χ2n) is 12.2. The first-order chi connectivity index (χ1) is 23.4. The van der Waals surface area contributed by atoms with Crippen LogP contribution in [0.4, 0.5) is 0 Å². The zero-order valence-corrected chi connectivity index (χ0v) is 26.2. The molecule has 0 aromatic heterocycles. The number of nitrogens with one attached hydrogen (secondary N) is 2. The predicted octanol–water partition coefficient (Wildman–Crippen LogP) is 6.14. The van der Waals surface area contributed by atoms with Crippen molar-refractivity contribution in [3.63, 3.8) is 0 Å². The van der Waals surface area contributed by atoms with Crippen molar-refractivity contribution in [3.8, 4) is 11.5 Å². The summed E-state index contributed by atoms with van der Waals surface area (Å²) in [6, 6.07) is 31.7. The minimum absolute atomic E-state index is 0.0693. The highest BCUT2D eigenvalue weighted by Gasteiger charge is 2.33. The summed E-state index contributed by atoms with van der Waals surface area (Å²) in [5.74, 6) is -1.26. The minimum Gasteiger partial charge on any atom is -0.507 e. The number of carbonyl (C=O) groups is 2. The van der Waals surface area contributed by atoms with Gasteiger partial charge in [0.25, 0.3) is 0 Å². The average Bonchev–Trinajstić information content (AvgIpc) is 3.11. The summed E-state index contributed by atoms with van der Waals surface area (Å²) in [6.07, 6.45) is 2.22. The van der Waals surface area contributed by atoms with Gasteiger partial charge in [0.15, 0.2) is 11.5 Å². The van der Waals surface area contributed by atoms with Gasteiger partial charge >= 0.3 is 0 Å². The molecule has 0 saturated heterocycles. The Balaban J connectivity index is 1.21. The molecule has 9 nitrogen and oxygen atoms in total. The highest BCUT2D eigenvalue weighted by Crippen LogP contribution is 2.35. The second-order valence-corrected chi connectivity index (χ2v) is 12.2. The van der Waals surface area contributed by atoms with Gasteiger partial charge in [-0.15, -0.1) is 0 Å². The van der Waals surface area contributed by atoms with E-state index in [2.05, 4.69) is 10.6 Å². The molecular formula is C39H38N2O7. The van der Waals surface area contributed by atoms with Crippen molar-refractivity contribution in [2.24, 2.45) is 11.8 Å². The number of hydrogen-bond donors (Lipinski definition) is 5. The van der Waals surface area contributed by atoms with Crippen LogP contribution in [0.15, 0.2) is 133 Å². The van der Waals surface area contributed by atoms with Crippen LogP contribution in [0, 0.1) is 11.8 Å². The zero-order valence-electron chi connectivity index (χ0n) is 26.2. The van der Waals surface area contributed by atoms with Crippen molar-refractivity contribution in [2.75, 3.05) is 0 Å². The number of fused-ring (bicyclic) bond motifs is 2. The highest BCUT2D eigenvalue weighted by molar-refractivity contribution is 5.81. The van der Waals surface area contributed by atoms with Crippen molar-refractivity contribution >= 4 is 11.8 Å². The molecule has 2 unspecified atom stereocenters. The smallest absolute Gasteiger partial charge is 0.224 e. The average molecular weight is 647 g/mol. The van der Waals surface area contributed by atoms with Gasteiger partial charge in [-0.05, 0) is 48.9 Å². The SMILES string of the molecule is O=C(NC1C(O)=COc2ccccc21)[C@H](Cc1ccccc1)CC(O)C[C@@H](Cc1ccccc1)C(=O)NC1C(O)=COc2ccccc21. The molecule has 0 bridgehead atoms. The third kappa shape index (κ3) is 7.70. The maximum absolute atomic E-state index is 13.9. The molecule has 6 rings (SSSR count). The maximum atomic E-state index is 13.9. The lowest BCUT2D eigenvalue weighted by atomic mass is 9.86. The lowest BCUT2D eigenvalue weighted by Gasteiger charge is -2.29. The first kappa shape index (κ1) is 32.4. The summed E-state index contributed by atoms with van der Waals surface area (Å²) >= 11 is 0. The molecule has 0 radical (unpaired) electrons. The molecule has 0 fully saturated rings. The molecule has 4 aromatic carbocycles. The Morgan fingerprint density at radius 2 is 0.958 bits per heavy atom. The standard InChI is InChI=1S/C39H38N2O7/c42-29(21-27(19-25-11-3-1-4-12-25)38(45)40-36-30-15-7-9-17-34(30)47-23-32(36)43)22-28(20-26-13-5-2-6-14-26)39(46)41-37-31-16-8-10-18-35(31)48-24-33(37)44/h1-18,23-24,27-29,36-37,42-44H,19-22H2,(H,40,45)(H,41,46)/t27-,28-,29?,36?,37?/m1/s1. The van der Waals surface area contributed by atoms with Crippen LogP contribution in [0.25, 0.3) is 0 Å². The van der Waals surface area contributed by atoms with E-state index >= 15 is 0 Å². The minimum atomic E-state index is -1.03. The largest absolute Gasteiger partial charge is 0.507 e. The summed E-state index contributed by atoms with van der Waals surface area (Å²) < 4.78 is 11.0. The maximum Gasteiger partial charge on any atom is 0.224 e. The van der Waals surface area contributed by atoms with E-state index in [-0.39, 0.29) is 36.2 Å². The Labute approximate surface area is 279 Å². The van der Waals surface area contributed by atoms with Crippen molar-refractivity contribution in [2.45, 2.75) is 43.9 Å². The van der Waals surface area contributed by atoms with Crippen molar-refractivity contribution in [1.29, 1.82) is 0 Å². The molecule has 0 saturated carbocycles. The van der Waals surface area contributed by atoms with Crippen LogP contribution >= 0.6 is 0 Å². The summed E-state index contributed by atoms with van der Waals surface area (Å²) in [7, 11) is 0. The monoisotopic (exact) mass is 646 g/mol. The first-order valence-electron chi connectivity index (χ1n) is 16.0. The summed E-state index contributed by atoms with van der Waals surface area (Å²) in [5.41, 5.74) is 3.07. The molecular weight excluding hydrogens is 608 g/mol. The van der Waals surface area contributed by atoms with E-state index < -0.39 is 30.0 Å². The van der Waals surface area contributed by atoms with Crippen LogP contribution in [0.1, 0.15) is 47.2 Å². The third-order valence-electron chi connectivity index (χ3n) is 8.74. The van der Waals surface area contributed by atoms with E-state index in [0.717, 1.165) is 11.1 Å². The molecule has 2 aliphatic rings. The number of benzene rings is 4. The number of ether oxygens (including phenoxy) is 2. The number of carbonyl (C=O) groups excluding carboxylic acids is 2. The Bertz CT molecular complexity index is 1660. The van der Waals surface area contributed by atoms with E-state index in [1.807, 2.05) is 72.8 Å². The van der Waals surface area contributed by atoms with E-state index in [1.165, 1.54) is 12.5 Å². The van der Waals surface area contributed by atoms with Gasteiger partial charge in [0.1, 0.15) is 36.1 Å². The Morgan fingerprint density at radius 1 is 0.583 bits per heavy atom. The van der Waals surface area contributed by atoms with Crippen molar-refractivity contribution < 1.29 is 34.4 Å². The van der Waals surface area contributed by atoms with Crippen LogP contribution < -0.4 is 20.1 Å². The van der Waals surface area contributed by atoms with Gasteiger partial charge in [-0.3, -0.25) is 9.59 Å². The van der Waals surface area contributed by atoms with Crippen LogP contribution in [0.2, 0.25) is 0 Å². The van der Waals surface area contributed by atoms with Crippen LogP contribution in [0.3, 0.4) is 0 Å². The van der Waals surface area contributed by atoms with E-state index in [1.54, 1.807) is 36.4 Å². The lowest BCUT2D eigenvalue weighted by Crippen LogP contribution is -2.40. The van der Waals surface area contributed by atoms with E-state index in [9.17, 15) is 24.9 Å². The van der Waals surface area contributed by atoms with Crippen molar-refractivity contribution in [1.82, 2.24) is 10.6 Å². The Hall–Kier alpha value is -5.54. The zero-order chi connectivity index (χ0) is 33.5. The number of hydrogen-bond acceptors (Lipinski definition) is 7. The number of rotatable bonds is 12. The summed E-state index contributed by atoms with van der Waals surface area (Å²) in [5, 5.41) is 38.8. The second kappa shape index (κ2) is 14.9. The van der Waals surface area contributed by atoms with Gasteiger partial charge < -0.3 is 35.4 Å². The molecule has 2 aliphatic heterocycles. The molecule has 2 amide bonds. The fraction of sp³-hybridized carbons (Fsp3) is 0.231. The van der Waals surface area contributed by atoms with Gasteiger partial charge in [0, 0.05) is 23.0 Å². The van der Waals surface area contributed by atoms with Crippen LogP contribution in [0.5, 0.6) is 11.5 Å². The molecule has 5 N–H and O–H groups in total. The van der Waals surface area contributed by atoms with E-state index in [4.69, 9.17) is 9.47 Å². The molecule has 0 aliphatic carbocycles. The van der Waals surface area contributed by atoms with Gasteiger partial charge in [-0.25, -0.2) is 0 Å². The van der Waals surface area contributed by atoms with Crippen LogP contribution in [-0.4, -0.2) is 33.2 Å². The molecule has 48 heavy (non-hydrogen) atoms. The molecule has 246 valence electrons. The summed E-state index contributed by atoms with van der Waals surface area (Å²) in [4.78, 5) is 27.8. The lowest BCUT2D eigenvalue weighted by molar-refractivity contribution is -0.127. The van der Waals surface area contributed by atoms with E-state index in [0.29, 0.717) is 35.5 Å². The first-order valence-corrected chi connectivity index (χ1v) is 16.0. The molecule has 4 aromatic rings. The highest BCUT2D eigenvalue weighted by atomic mass is 16.5. The number of aliphatic hydroxyl groups is 3. The van der Waals surface area contributed by atoms with Gasteiger partial charge in [0.2, 0.25) is 11.8 Å². The normalized spacial score (nSPS) is 18.3. The number of para-hydroxylation sites is 2. The Kier molecular flexibility index (Phi) is 10.1. The van der Waals surface area contributed by atoms with Crippen LogP contribution in [-0.2, 0) is 22.4 Å². The third-order valence-corrected chi connectivity index (χ3v) is 8.74. The Morgan fingerprint density at radius 3 is 1.38 bits per heavy atom. The van der Waals surface area contributed by atoms with Gasteiger partial charge in [0.05, 0.1) is 6.10 Å². The fourth-order valence-corrected chi connectivity index (χ4v) is 6.30. The molecule has 0 spiro atoms.